The number of para-hydroxylation sites is 1. The van der Waals surface area contributed by atoms with E-state index in [9.17, 15) is 9.18 Å². The van der Waals surface area contributed by atoms with Gasteiger partial charge in [-0.3, -0.25) is 0 Å². The predicted molar refractivity (Wildman–Crippen MR) is 73.2 cm³/mol. The summed E-state index contributed by atoms with van der Waals surface area (Å²) in [5.74, 6) is -1.12. The zero-order valence-electron chi connectivity index (χ0n) is 10.6. The minimum Gasteiger partial charge on any atom is -0.478 e. The normalized spacial score (nSPS) is 10.9. The van der Waals surface area contributed by atoms with Crippen molar-refractivity contribution in [2.45, 2.75) is 6.92 Å². The lowest BCUT2D eigenvalue weighted by atomic mass is 10.1. The van der Waals surface area contributed by atoms with Crippen molar-refractivity contribution in [2.24, 2.45) is 0 Å². The number of carbonyl (C=O) groups is 1. The Kier molecular flexibility index (Phi) is 2.75. The fourth-order valence-electron chi connectivity index (χ4n) is 2.14. The van der Waals surface area contributed by atoms with Crippen LogP contribution in [-0.2, 0) is 0 Å². The molecular weight excluding hydrogens is 259 g/mol. The number of fused-ring (bicyclic) bond motifs is 1. The molecule has 0 bridgehead atoms. The van der Waals surface area contributed by atoms with Gasteiger partial charge < -0.3 is 10.1 Å². The highest BCUT2D eigenvalue weighted by Crippen LogP contribution is 2.25. The van der Waals surface area contributed by atoms with Crippen molar-refractivity contribution in [3.8, 4) is 11.4 Å². The van der Waals surface area contributed by atoms with Crippen molar-refractivity contribution < 1.29 is 14.3 Å². The molecule has 20 heavy (non-hydrogen) atoms. The summed E-state index contributed by atoms with van der Waals surface area (Å²) in [7, 11) is 0. The quantitative estimate of drug-likeness (QED) is 0.750. The van der Waals surface area contributed by atoms with Crippen LogP contribution < -0.4 is 0 Å². The minimum absolute atomic E-state index is 0.0949. The van der Waals surface area contributed by atoms with E-state index in [2.05, 4.69) is 9.97 Å². The maximum Gasteiger partial charge on any atom is 0.337 e. The van der Waals surface area contributed by atoms with Gasteiger partial charge in [0, 0.05) is 0 Å². The predicted octanol–water partition coefficient (Wildman–Crippen LogP) is 3.38. The average Bonchev–Trinajstić information content (AvgIpc) is 2.81. The molecule has 0 atom stereocenters. The number of benzene rings is 2. The van der Waals surface area contributed by atoms with Crippen LogP contribution in [0.3, 0.4) is 0 Å². The Morgan fingerprint density at radius 2 is 2.10 bits per heavy atom. The Bertz CT molecular complexity index is 824. The smallest absolute Gasteiger partial charge is 0.337 e. The number of carboxylic acid groups (broad SMARTS) is 1. The Labute approximate surface area is 113 Å². The van der Waals surface area contributed by atoms with Gasteiger partial charge in [0.2, 0.25) is 0 Å². The van der Waals surface area contributed by atoms with Crippen molar-refractivity contribution in [1.29, 1.82) is 0 Å². The zero-order valence-corrected chi connectivity index (χ0v) is 10.6. The topological polar surface area (TPSA) is 66.0 Å². The van der Waals surface area contributed by atoms with Crippen LogP contribution in [0.1, 0.15) is 15.9 Å². The Balaban J connectivity index is 2.23. The van der Waals surface area contributed by atoms with E-state index in [0.717, 1.165) is 5.56 Å². The van der Waals surface area contributed by atoms with Crippen LogP contribution >= 0.6 is 0 Å². The molecule has 4 nitrogen and oxygen atoms in total. The van der Waals surface area contributed by atoms with Crippen molar-refractivity contribution in [1.82, 2.24) is 9.97 Å². The highest BCUT2D eigenvalue weighted by Gasteiger charge is 2.15. The first-order valence-electron chi connectivity index (χ1n) is 6.05. The summed E-state index contributed by atoms with van der Waals surface area (Å²) in [6.07, 6.45) is 0. The third-order valence-electron chi connectivity index (χ3n) is 3.12. The molecular formula is C15H11FN2O2. The number of nitrogens with zero attached hydrogens (tertiary/aromatic N) is 1. The molecule has 3 aromatic rings. The molecule has 2 aromatic carbocycles. The molecule has 0 spiro atoms. The molecule has 1 aromatic heterocycles. The van der Waals surface area contributed by atoms with Crippen LogP contribution in [-0.4, -0.2) is 21.0 Å². The van der Waals surface area contributed by atoms with Gasteiger partial charge in [0.15, 0.2) is 0 Å². The maximum atomic E-state index is 13.9. The number of aryl methyl sites for hydroxylation is 1. The van der Waals surface area contributed by atoms with Crippen LogP contribution in [0.25, 0.3) is 22.4 Å². The largest absolute Gasteiger partial charge is 0.478 e. The van der Waals surface area contributed by atoms with Crippen LogP contribution in [0.2, 0.25) is 0 Å². The van der Waals surface area contributed by atoms with Crippen molar-refractivity contribution >= 4 is 17.0 Å². The third-order valence-corrected chi connectivity index (χ3v) is 3.12. The van der Waals surface area contributed by atoms with Gasteiger partial charge in [-0.05, 0) is 36.8 Å². The van der Waals surface area contributed by atoms with Gasteiger partial charge in [-0.25, -0.2) is 14.2 Å². The second-order valence-electron chi connectivity index (χ2n) is 4.58. The molecule has 0 unspecified atom stereocenters. The SMILES string of the molecule is Cc1ccc(-c2nc3c(C(=O)O)cccc3[nH]2)c(F)c1. The summed E-state index contributed by atoms with van der Waals surface area (Å²) in [4.78, 5) is 18.3. The molecule has 0 aliphatic carbocycles. The second kappa shape index (κ2) is 4.45. The fraction of sp³-hybridized carbons (Fsp3) is 0.0667. The summed E-state index contributed by atoms with van der Waals surface area (Å²) < 4.78 is 13.9. The molecule has 3 rings (SSSR count). The number of hydrogen-bond donors (Lipinski definition) is 2. The minimum atomic E-state index is -1.06. The molecule has 0 fully saturated rings. The first kappa shape index (κ1) is 12.3. The van der Waals surface area contributed by atoms with E-state index in [1.165, 1.54) is 12.1 Å². The number of halogens is 1. The standard InChI is InChI=1S/C15H11FN2O2/c1-8-5-6-9(11(16)7-8)14-17-12-4-2-3-10(15(19)20)13(12)18-14/h2-7H,1H3,(H,17,18)(H,19,20). The number of aromatic amines is 1. The maximum absolute atomic E-state index is 13.9. The number of imidazole rings is 1. The van der Waals surface area contributed by atoms with Gasteiger partial charge in [0.1, 0.15) is 17.2 Å². The van der Waals surface area contributed by atoms with E-state index >= 15 is 0 Å². The summed E-state index contributed by atoms with van der Waals surface area (Å²) in [5, 5.41) is 9.13. The van der Waals surface area contributed by atoms with E-state index in [1.807, 2.05) is 0 Å². The van der Waals surface area contributed by atoms with Crippen molar-refractivity contribution in [3.63, 3.8) is 0 Å². The van der Waals surface area contributed by atoms with Crippen molar-refractivity contribution in [3.05, 3.63) is 53.3 Å². The number of aromatic nitrogens is 2. The second-order valence-corrected chi connectivity index (χ2v) is 4.58. The molecule has 0 radical (unpaired) electrons. The lowest BCUT2D eigenvalue weighted by molar-refractivity contribution is 0.0699. The zero-order chi connectivity index (χ0) is 14.3. The summed E-state index contributed by atoms with van der Waals surface area (Å²) in [5.41, 5.74) is 2.13. The first-order chi connectivity index (χ1) is 9.56. The molecule has 0 aliphatic rings. The van der Waals surface area contributed by atoms with Crippen LogP contribution in [0.5, 0.6) is 0 Å². The molecule has 0 aliphatic heterocycles. The lowest BCUT2D eigenvalue weighted by Gasteiger charge is -2.00. The molecule has 0 saturated carbocycles. The summed E-state index contributed by atoms with van der Waals surface area (Å²) in [6.45, 7) is 1.80. The van der Waals surface area contributed by atoms with Gasteiger partial charge >= 0.3 is 5.97 Å². The Morgan fingerprint density at radius 3 is 2.80 bits per heavy atom. The molecule has 0 amide bonds. The average molecular weight is 270 g/mol. The highest BCUT2D eigenvalue weighted by molar-refractivity contribution is 6.01. The van der Waals surface area contributed by atoms with Crippen LogP contribution in [0.15, 0.2) is 36.4 Å². The molecule has 2 N–H and O–H groups in total. The Morgan fingerprint density at radius 1 is 1.30 bits per heavy atom. The third kappa shape index (κ3) is 1.93. The van der Waals surface area contributed by atoms with Gasteiger partial charge in [-0.15, -0.1) is 0 Å². The number of aromatic carboxylic acids is 1. The molecule has 5 heteroatoms. The molecule has 100 valence electrons. The van der Waals surface area contributed by atoms with E-state index < -0.39 is 5.97 Å². The number of rotatable bonds is 2. The number of H-pyrrole nitrogens is 1. The van der Waals surface area contributed by atoms with E-state index in [0.29, 0.717) is 22.4 Å². The van der Waals surface area contributed by atoms with Crippen LogP contribution in [0, 0.1) is 12.7 Å². The number of hydrogen-bond acceptors (Lipinski definition) is 2. The van der Waals surface area contributed by atoms with Gasteiger partial charge in [-0.2, -0.15) is 0 Å². The van der Waals surface area contributed by atoms with E-state index in [-0.39, 0.29) is 11.4 Å². The number of carboxylic acids is 1. The van der Waals surface area contributed by atoms with Gasteiger partial charge in [0.05, 0.1) is 16.6 Å². The lowest BCUT2D eigenvalue weighted by Crippen LogP contribution is -1.96. The fourth-order valence-corrected chi connectivity index (χ4v) is 2.14. The van der Waals surface area contributed by atoms with E-state index in [1.54, 1.807) is 31.2 Å². The van der Waals surface area contributed by atoms with Gasteiger partial charge in [-0.1, -0.05) is 12.1 Å². The molecule has 1 heterocycles. The molecule has 0 saturated heterocycles. The van der Waals surface area contributed by atoms with Crippen LogP contribution in [0.4, 0.5) is 4.39 Å². The van der Waals surface area contributed by atoms with Crippen molar-refractivity contribution in [2.75, 3.05) is 0 Å². The van der Waals surface area contributed by atoms with Gasteiger partial charge in [0.25, 0.3) is 0 Å². The first-order valence-corrected chi connectivity index (χ1v) is 6.05. The number of nitrogens with one attached hydrogen (secondary N) is 1. The van der Waals surface area contributed by atoms with E-state index in [4.69, 9.17) is 5.11 Å². The summed E-state index contributed by atoms with van der Waals surface area (Å²) >= 11 is 0. The summed E-state index contributed by atoms with van der Waals surface area (Å²) in [6, 6.07) is 9.64. The monoisotopic (exact) mass is 270 g/mol. The highest BCUT2D eigenvalue weighted by atomic mass is 19.1. The Hall–Kier alpha value is -2.69.